The predicted octanol–water partition coefficient (Wildman–Crippen LogP) is 2.15. The zero-order valence-corrected chi connectivity index (χ0v) is 15.8. The first-order chi connectivity index (χ1) is 13.1. The number of carbonyl (C=O) groups is 1. The Kier molecular flexibility index (Phi) is 3.52. The van der Waals surface area contributed by atoms with Crippen molar-refractivity contribution in [3.8, 4) is 11.5 Å². The van der Waals surface area contributed by atoms with Gasteiger partial charge in [-0.1, -0.05) is 6.07 Å². The molecule has 0 amide bonds. The van der Waals surface area contributed by atoms with Crippen molar-refractivity contribution in [2.24, 2.45) is 5.92 Å². The fourth-order valence-electron chi connectivity index (χ4n) is 5.74. The van der Waals surface area contributed by atoms with Gasteiger partial charge in [-0.05, 0) is 50.4 Å². The summed E-state index contributed by atoms with van der Waals surface area (Å²) >= 11 is 0. The van der Waals surface area contributed by atoms with Crippen LogP contribution in [0.2, 0.25) is 0 Å². The highest BCUT2D eigenvalue weighted by atomic mass is 32.2. The molecule has 0 aromatic heterocycles. The molecule has 4 atom stereocenters. The van der Waals surface area contributed by atoms with Crippen LogP contribution in [0.4, 0.5) is 13.2 Å². The van der Waals surface area contributed by atoms with E-state index in [1.807, 2.05) is 7.05 Å². The summed E-state index contributed by atoms with van der Waals surface area (Å²) in [4.78, 5) is 14.9. The van der Waals surface area contributed by atoms with Gasteiger partial charge in [0.1, 0.15) is 0 Å². The van der Waals surface area contributed by atoms with Gasteiger partial charge in [0.25, 0.3) is 0 Å². The molecule has 1 saturated heterocycles. The Bertz CT molecular complexity index is 992. The Morgan fingerprint density at radius 2 is 2.07 bits per heavy atom. The molecule has 10 heteroatoms. The maximum absolute atomic E-state index is 12.8. The highest BCUT2D eigenvalue weighted by Crippen LogP contribution is 2.63. The number of carbonyl (C=O) groups excluding carboxylic acids is 1. The third-order valence-electron chi connectivity index (χ3n) is 6.85. The number of Topliss-reactive ketones (excluding diaryl/α,β-unsaturated/α-hetero) is 1. The maximum atomic E-state index is 12.8. The van der Waals surface area contributed by atoms with E-state index >= 15 is 0 Å². The summed E-state index contributed by atoms with van der Waals surface area (Å²) in [5.41, 5.74) is -4.60. The number of nitrogens with zero attached hydrogens (tertiary/aromatic N) is 1. The Balaban J connectivity index is 1.69. The van der Waals surface area contributed by atoms with Crippen LogP contribution in [0, 0.1) is 5.92 Å². The van der Waals surface area contributed by atoms with Crippen molar-refractivity contribution in [1.29, 1.82) is 0 Å². The van der Waals surface area contributed by atoms with E-state index < -0.39 is 32.9 Å². The topological polar surface area (TPSA) is 72.9 Å². The quantitative estimate of drug-likeness (QED) is 0.543. The van der Waals surface area contributed by atoms with Crippen molar-refractivity contribution in [1.82, 2.24) is 4.90 Å². The lowest BCUT2D eigenvalue weighted by Gasteiger charge is -2.57. The number of ketones is 1. The highest BCUT2D eigenvalue weighted by Gasteiger charge is 2.65. The van der Waals surface area contributed by atoms with Gasteiger partial charge in [0.15, 0.2) is 23.4 Å². The molecule has 0 radical (unpaired) electrons. The third kappa shape index (κ3) is 2.13. The number of benzene rings is 1. The molecule has 152 valence electrons. The van der Waals surface area contributed by atoms with Crippen LogP contribution in [-0.4, -0.2) is 50.3 Å². The normalized spacial score (nSPS) is 34.0. The minimum atomic E-state index is -5.83. The monoisotopic (exact) mass is 417 g/mol. The van der Waals surface area contributed by atoms with Crippen LogP contribution in [0.5, 0.6) is 11.5 Å². The van der Waals surface area contributed by atoms with Gasteiger partial charge >= 0.3 is 15.6 Å². The van der Waals surface area contributed by atoms with Gasteiger partial charge < -0.3 is 13.8 Å². The molecular formula is C18H18F3NO5S. The number of rotatable bonds is 2. The van der Waals surface area contributed by atoms with Crippen LogP contribution < -0.4 is 8.92 Å². The van der Waals surface area contributed by atoms with E-state index in [0.29, 0.717) is 31.2 Å². The lowest BCUT2D eigenvalue weighted by atomic mass is 9.52. The lowest BCUT2D eigenvalue weighted by molar-refractivity contribution is -0.138. The number of likely N-dealkylation sites (tertiary alicyclic amines) is 1. The zero-order chi connectivity index (χ0) is 20.1. The van der Waals surface area contributed by atoms with Crippen molar-refractivity contribution in [2.45, 2.75) is 48.8 Å². The van der Waals surface area contributed by atoms with Crippen LogP contribution in [0.15, 0.2) is 12.1 Å². The highest BCUT2D eigenvalue weighted by molar-refractivity contribution is 7.88. The SMILES string of the molecule is CN1CC[C@]23c4c5ccc(OS(=O)(=O)C(F)(F)F)c4O[C@H]2C(=O)CCC3[C@@H]1C5. The Morgan fingerprint density at radius 3 is 2.79 bits per heavy atom. The molecule has 0 N–H and O–H groups in total. The molecule has 1 spiro atoms. The second-order valence-corrected chi connectivity index (χ2v) is 9.60. The first kappa shape index (κ1) is 18.2. The van der Waals surface area contributed by atoms with Crippen LogP contribution in [0.25, 0.3) is 0 Å². The first-order valence-electron chi connectivity index (χ1n) is 9.13. The van der Waals surface area contributed by atoms with E-state index in [9.17, 15) is 26.4 Å². The molecule has 2 bridgehead atoms. The zero-order valence-electron chi connectivity index (χ0n) is 15.0. The van der Waals surface area contributed by atoms with Gasteiger partial charge in [0.2, 0.25) is 0 Å². The van der Waals surface area contributed by atoms with E-state index in [4.69, 9.17) is 4.74 Å². The molecule has 2 fully saturated rings. The lowest BCUT2D eigenvalue weighted by Crippen LogP contribution is -2.65. The van der Waals surface area contributed by atoms with Crippen molar-refractivity contribution in [2.75, 3.05) is 13.6 Å². The van der Waals surface area contributed by atoms with Gasteiger partial charge in [-0.2, -0.15) is 21.6 Å². The molecule has 1 unspecified atom stereocenters. The smallest absolute Gasteiger partial charge is 0.477 e. The van der Waals surface area contributed by atoms with Gasteiger partial charge in [-0.25, -0.2) is 0 Å². The Hall–Kier alpha value is -1.81. The van der Waals surface area contributed by atoms with Crippen molar-refractivity contribution in [3.05, 3.63) is 23.3 Å². The number of alkyl halides is 3. The number of likely N-dealkylation sites (N-methyl/N-ethyl adjacent to an activating group) is 1. The summed E-state index contributed by atoms with van der Waals surface area (Å²) in [6, 6.07) is 3.03. The van der Waals surface area contributed by atoms with Crippen molar-refractivity contribution < 1.29 is 35.3 Å². The van der Waals surface area contributed by atoms with E-state index in [1.165, 1.54) is 6.07 Å². The number of hydrogen-bond donors (Lipinski definition) is 0. The largest absolute Gasteiger partial charge is 0.534 e. The van der Waals surface area contributed by atoms with Crippen LogP contribution >= 0.6 is 0 Å². The fourth-order valence-corrected chi connectivity index (χ4v) is 6.20. The molecule has 2 aliphatic heterocycles. The van der Waals surface area contributed by atoms with Crippen LogP contribution in [-0.2, 0) is 26.7 Å². The number of hydrogen-bond acceptors (Lipinski definition) is 6. The summed E-state index contributed by atoms with van der Waals surface area (Å²) in [5.74, 6) is -0.465. The van der Waals surface area contributed by atoms with Crippen LogP contribution in [0.3, 0.4) is 0 Å². The molecule has 2 heterocycles. The van der Waals surface area contributed by atoms with E-state index in [-0.39, 0.29) is 23.5 Å². The molecule has 6 nitrogen and oxygen atoms in total. The average molecular weight is 417 g/mol. The minimum Gasteiger partial charge on any atom is -0.477 e. The summed E-state index contributed by atoms with van der Waals surface area (Å²) in [6.45, 7) is 0.735. The minimum absolute atomic E-state index is 0.0152. The second kappa shape index (κ2) is 5.41. The summed E-state index contributed by atoms with van der Waals surface area (Å²) in [7, 11) is -3.79. The summed E-state index contributed by atoms with van der Waals surface area (Å²) in [5, 5.41) is 0. The predicted molar refractivity (Wildman–Crippen MR) is 90.6 cm³/mol. The molecule has 2 aliphatic carbocycles. The van der Waals surface area contributed by atoms with Gasteiger partial charge in [-0.3, -0.25) is 4.79 Å². The number of ether oxygens (including phenoxy) is 1. The molecule has 1 aromatic carbocycles. The van der Waals surface area contributed by atoms with Crippen molar-refractivity contribution in [3.63, 3.8) is 0 Å². The molecule has 1 saturated carbocycles. The Labute approximate surface area is 159 Å². The van der Waals surface area contributed by atoms with Gasteiger partial charge in [0, 0.05) is 23.4 Å². The standard InChI is InChI=1S/C18H18F3NO5S/c1-22-7-6-17-10-3-4-12(23)16(17)26-15-13(27-28(24,25)18(19,20)21)5-2-9(14(15)17)8-11(10)22/h2,5,10-11,16H,3-4,6-8H2,1H3/t10?,11-,16-,17-/m0/s1. The summed E-state index contributed by atoms with van der Waals surface area (Å²) < 4.78 is 71.8. The number of piperidine rings is 1. The number of halogens is 3. The third-order valence-corrected chi connectivity index (χ3v) is 7.82. The molecule has 1 aromatic rings. The summed E-state index contributed by atoms with van der Waals surface area (Å²) in [6.07, 6.45) is 1.56. The van der Waals surface area contributed by atoms with E-state index in [1.54, 1.807) is 6.07 Å². The van der Waals surface area contributed by atoms with E-state index in [0.717, 1.165) is 12.1 Å². The molecule has 28 heavy (non-hydrogen) atoms. The molecular weight excluding hydrogens is 399 g/mol. The fraction of sp³-hybridized carbons (Fsp3) is 0.611. The van der Waals surface area contributed by atoms with Gasteiger partial charge in [-0.15, -0.1) is 0 Å². The van der Waals surface area contributed by atoms with Crippen LogP contribution in [0.1, 0.15) is 30.4 Å². The molecule has 5 rings (SSSR count). The maximum Gasteiger partial charge on any atom is 0.534 e. The van der Waals surface area contributed by atoms with E-state index in [2.05, 4.69) is 9.08 Å². The first-order valence-corrected chi connectivity index (χ1v) is 10.5. The van der Waals surface area contributed by atoms with Gasteiger partial charge in [0.05, 0.1) is 0 Å². The Morgan fingerprint density at radius 1 is 1.32 bits per heavy atom. The van der Waals surface area contributed by atoms with Crippen molar-refractivity contribution >= 4 is 15.9 Å². The second-order valence-electron chi connectivity index (χ2n) is 8.06. The average Bonchev–Trinajstić information content (AvgIpc) is 2.96. The molecule has 4 aliphatic rings.